The number of aliphatic hydroxyl groups is 1. The quantitative estimate of drug-likeness (QED) is 0.306. The molecule has 38 heavy (non-hydrogen) atoms. The van der Waals surface area contributed by atoms with Crippen LogP contribution in [0.4, 0.5) is 17.6 Å². The van der Waals surface area contributed by atoms with E-state index in [1.165, 1.54) is 0 Å². The second kappa shape index (κ2) is 11.3. The SMILES string of the molecule is N#Cc1cc(Cl)c(Nc2nc3cnc(N[C@H]4CCCC[C@H](O)C4)nc3n2C2CCC(C(N)=O)CC2)c(Cl)c1. The van der Waals surface area contributed by atoms with Crippen molar-refractivity contribution < 1.29 is 9.90 Å². The molecule has 2 heterocycles. The number of benzene rings is 1. The highest BCUT2D eigenvalue weighted by Crippen LogP contribution is 2.39. The Morgan fingerprint density at radius 3 is 2.50 bits per heavy atom. The number of nitrogens with two attached hydrogens (primary N) is 1. The Bertz CT molecular complexity index is 1360. The van der Waals surface area contributed by atoms with Gasteiger partial charge in [-0.2, -0.15) is 10.2 Å². The molecule has 2 atom stereocenters. The van der Waals surface area contributed by atoms with Crippen LogP contribution in [0.25, 0.3) is 11.2 Å². The smallest absolute Gasteiger partial charge is 0.224 e. The number of amides is 1. The first-order chi connectivity index (χ1) is 18.3. The van der Waals surface area contributed by atoms with E-state index < -0.39 is 0 Å². The highest BCUT2D eigenvalue weighted by molar-refractivity contribution is 6.39. The summed E-state index contributed by atoms with van der Waals surface area (Å²) < 4.78 is 2.02. The molecule has 2 saturated carbocycles. The van der Waals surface area contributed by atoms with Gasteiger partial charge in [0.1, 0.15) is 5.52 Å². The zero-order chi connectivity index (χ0) is 26.8. The zero-order valence-electron chi connectivity index (χ0n) is 20.8. The number of aromatic nitrogens is 4. The topological polar surface area (TPSA) is 155 Å². The van der Waals surface area contributed by atoms with Gasteiger partial charge in [-0.3, -0.25) is 9.36 Å². The average Bonchev–Trinajstić information content (AvgIpc) is 3.12. The second-order valence-corrected chi connectivity index (χ2v) is 11.0. The first-order valence-electron chi connectivity index (χ1n) is 13.0. The number of anilines is 3. The molecule has 0 unspecified atom stereocenters. The summed E-state index contributed by atoms with van der Waals surface area (Å²) in [4.78, 5) is 25.9. The Morgan fingerprint density at radius 1 is 1.11 bits per heavy atom. The molecule has 3 aromatic rings. The number of aliphatic hydroxyl groups excluding tert-OH is 1. The molecular formula is C26H30Cl2N8O2. The molecular weight excluding hydrogens is 527 g/mol. The van der Waals surface area contributed by atoms with E-state index in [-0.39, 0.29) is 30.0 Å². The van der Waals surface area contributed by atoms with Crippen LogP contribution in [0.3, 0.4) is 0 Å². The first kappa shape index (κ1) is 26.5. The fraction of sp³-hybridized carbons (Fsp3) is 0.500. The van der Waals surface area contributed by atoms with Gasteiger partial charge in [0.2, 0.25) is 17.8 Å². The van der Waals surface area contributed by atoms with E-state index in [0.717, 1.165) is 38.5 Å². The van der Waals surface area contributed by atoms with Crippen molar-refractivity contribution in [3.8, 4) is 6.07 Å². The van der Waals surface area contributed by atoms with Gasteiger partial charge in [0.05, 0.1) is 39.7 Å². The summed E-state index contributed by atoms with van der Waals surface area (Å²) in [7, 11) is 0. The maximum absolute atomic E-state index is 11.8. The minimum Gasteiger partial charge on any atom is -0.393 e. The normalized spacial score (nSPS) is 23.9. The van der Waals surface area contributed by atoms with Crippen molar-refractivity contribution in [1.82, 2.24) is 19.5 Å². The fourth-order valence-electron chi connectivity index (χ4n) is 5.53. The number of carbonyl (C=O) groups excluding carboxylic acids is 1. The summed E-state index contributed by atoms with van der Waals surface area (Å²) in [5.41, 5.74) is 7.60. The number of hydrogen-bond acceptors (Lipinski definition) is 8. The van der Waals surface area contributed by atoms with E-state index >= 15 is 0 Å². The predicted molar refractivity (Wildman–Crippen MR) is 146 cm³/mol. The molecule has 0 aliphatic heterocycles. The van der Waals surface area contributed by atoms with Gasteiger partial charge in [-0.05, 0) is 57.1 Å². The van der Waals surface area contributed by atoms with Gasteiger partial charge in [-0.25, -0.2) is 9.97 Å². The minimum atomic E-state index is -0.331. The maximum Gasteiger partial charge on any atom is 0.224 e. The summed E-state index contributed by atoms with van der Waals surface area (Å²) in [6, 6.07) is 5.23. The molecule has 2 aliphatic carbocycles. The van der Waals surface area contributed by atoms with Crippen LogP contribution in [-0.4, -0.2) is 42.7 Å². The Hall–Kier alpha value is -3.13. The van der Waals surface area contributed by atoms with Crippen LogP contribution >= 0.6 is 23.2 Å². The van der Waals surface area contributed by atoms with Crippen molar-refractivity contribution in [2.75, 3.05) is 10.6 Å². The lowest BCUT2D eigenvalue weighted by atomic mass is 9.85. The number of imidazole rings is 1. The van der Waals surface area contributed by atoms with Crippen molar-refractivity contribution in [2.45, 2.75) is 76.0 Å². The predicted octanol–water partition coefficient (Wildman–Crippen LogP) is 5.07. The minimum absolute atomic E-state index is 0.0106. The lowest BCUT2D eigenvalue weighted by molar-refractivity contribution is -0.122. The summed E-state index contributed by atoms with van der Waals surface area (Å²) >= 11 is 12.9. The van der Waals surface area contributed by atoms with Crippen molar-refractivity contribution in [3.63, 3.8) is 0 Å². The number of hydrogen-bond donors (Lipinski definition) is 4. The Balaban J connectivity index is 1.52. The van der Waals surface area contributed by atoms with Gasteiger partial charge >= 0.3 is 0 Å². The van der Waals surface area contributed by atoms with Crippen LogP contribution < -0.4 is 16.4 Å². The Morgan fingerprint density at radius 2 is 1.82 bits per heavy atom. The molecule has 0 radical (unpaired) electrons. The van der Waals surface area contributed by atoms with Gasteiger partial charge in [-0.1, -0.05) is 36.0 Å². The molecule has 2 fully saturated rings. The van der Waals surface area contributed by atoms with Crippen LogP contribution in [0.2, 0.25) is 10.0 Å². The van der Waals surface area contributed by atoms with Gasteiger partial charge in [-0.15, -0.1) is 0 Å². The summed E-state index contributed by atoms with van der Waals surface area (Å²) in [5, 5.41) is 26.7. The fourth-order valence-corrected chi connectivity index (χ4v) is 6.11. The molecule has 200 valence electrons. The van der Waals surface area contributed by atoms with Gasteiger partial charge in [0, 0.05) is 18.0 Å². The van der Waals surface area contributed by atoms with Crippen molar-refractivity contribution in [2.24, 2.45) is 11.7 Å². The van der Waals surface area contributed by atoms with E-state index in [4.69, 9.17) is 38.9 Å². The van der Waals surface area contributed by atoms with Gasteiger partial charge in [0.15, 0.2) is 5.65 Å². The number of halogens is 2. The molecule has 0 bridgehead atoms. The largest absolute Gasteiger partial charge is 0.393 e. The Labute approximate surface area is 230 Å². The summed E-state index contributed by atoms with van der Waals surface area (Å²) in [6.45, 7) is 0. The standard InChI is InChI=1S/C26H30Cl2N8O2/c27-19-9-14(12-29)10-20(28)22(19)34-26-33-21-13-31-25(32-16-3-1-2-4-18(37)11-16)35-24(21)36(26)17-7-5-15(6-8-17)23(30)38/h9-10,13,15-18,37H,1-8,11H2,(H2,30,38)(H,33,34)(H,31,32,35)/t15?,16-,17?,18-/m0/s1. The van der Waals surface area contributed by atoms with E-state index in [1.54, 1.807) is 18.3 Å². The molecule has 2 aliphatic rings. The number of fused-ring (bicyclic) bond motifs is 1. The molecule has 12 heteroatoms. The third-order valence-corrected chi connectivity index (χ3v) is 8.13. The van der Waals surface area contributed by atoms with Crippen LogP contribution in [0.5, 0.6) is 0 Å². The molecule has 5 rings (SSSR count). The number of nitrogens with zero attached hydrogens (tertiary/aromatic N) is 5. The molecule has 1 amide bonds. The monoisotopic (exact) mass is 556 g/mol. The third kappa shape index (κ3) is 5.65. The van der Waals surface area contributed by atoms with E-state index in [0.29, 0.717) is 63.6 Å². The number of primary amides is 1. The highest BCUT2D eigenvalue weighted by atomic mass is 35.5. The second-order valence-electron chi connectivity index (χ2n) is 10.2. The van der Waals surface area contributed by atoms with Crippen LogP contribution in [0, 0.1) is 17.2 Å². The first-order valence-corrected chi connectivity index (χ1v) is 13.7. The van der Waals surface area contributed by atoms with Crippen LogP contribution in [0.1, 0.15) is 69.4 Å². The van der Waals surface area contributed by atoms with E-state index in [1.807, 2.05) is 10.6 Å². The number of nitriles is 1. The molecule has 0 spiro atoms. The van der Waals surface area contributed by atoms with Crippen molar-refractivity contribution in [3.05, 3.63) is 33.9 Å². The molecule has 2 aromatic heterocycles. The van der Waals surface area contributed by atoms with Crippen molar-refractivity contribution >= 4 is 57.9 Å². The van der Waals surface area contributed by atoms with Crippen molar-refractivity contribution in [1.29, 1.82) is 5.26 Å². The van der Waals surface area contributed by atoms with E-state index in [9.17, 15) is 15.2 Å². The van der Waals surface area contributed by atoms with Gasteiger partial charge in [0.25, 0.3) is 0 Å². The zero-order valence-corrected chi connectivity index (χ0v) is 22.3. The lowest BCUT2D eigenvalue weighted by Crippen LogP contribution is -2.29. The number of carbonyl (C=O) groups is 1. The van der Waals surface area contributed by atoms with E-state index in [2.05, 4.69) is 15.6 Å². The average molecular weight is 557 g/mol. The molecule has 10 nitrogen and oxygen atoms in total. The highest BCUT2D eigenvalue weighted by Gasteiger charge is 2.30. The molecule has 1 aromatic carbocycles. The van der Waals surface area contributed by atoms with Gasteiger partial charge < -0.3 is 21.5 Å². The third-order valence-electron chi connectivity index (χ3n) is 7.53. The van der Waals surface area contributed by atoms with Crippen LogP contribution in [0.15, 0.2) is 18.3 Å². The van der Waals surface area contributed by atoms with Crippen LogP contribution in [-0.2, 0) is 4.79 Å². The molecule has 5 N–H and O–H groups in total. The maximum atomic E-state index is 11.8. The lowest BCUT2D eigenvalue weighted by Gasteiger charge is -2.29. The summed E-state index contributed by atoms with van der Waals surface area (Å²) in [5.74, 6) is 0.554. The number of rotatable bonds is 6. The molecule has 0 saturated heterocycles. The Kier molecular flexibility index (Phi) is 7.88. The number of nitrogens with one attached hydrogen (secondary N) is 2. The summed E-state index contributed by atoms with van der Waals surface area (Å²) in [6.07, 6.45) is 8.61.